The summed E-state index contributed by atoms with van der Waals surface area (Å²) in [6.07, 6.45) is 1.77. The number of rotatable bonds is 3. The summed E-state index contributed by atoms with van der Waals surface area (Å²) in [5, 5.41) is 6.19. The van der Waals surface area contributed by atoms with Crippen molar-refractivity contribution < 1.29 is 9.32 Å². The Hall–Kier alpha value is -3.09. The summed E-state index contributed by atoms with van der Waals surface area (Å²) < 4.78 is 6.79. The molecule has 1 aromatic carbocycles. The number of hydrogen-bond acceptors (Lipinski definition) is 5. The zero-order valence-electron chi connectivity index (χ0n) is 12.2. The summed E-state index contributed by atoms with van der Waals surface area (Å²) in [6.45, 7) is 3.97. The molecule has 0 radical (unpaired) electrons. The summed E-state index contributed by atoms with van der Waals surface area (Å²) in [5.41, 5.74) is 9.10. The molecule has 0 saturated heterocycles. The Bertz CT molecular complexity index is 817. The van der Waals surface area contributed by atoms with Crippen LogP contribution in [0.3, 0.4) is 0 Å². The molecule has 1 amide bonds. The van der Waals surface area contributed by atoms with Crippen molar-refractivity contribution in [3.8, 4) is 5.69 Å². The summed E-state index contributed by atoms with van der Waals surface area (Å²) in [6, 6.07) is 8.79. The number of amides is 1. The largest absolute Gasteiger partial charge is 0.381 e. The minimum Gasteiger partial charge on any atom is -0.381 e. The van der Waals surface area contributed by atoms with Gasteiger partial charge in [-0.3, -0.25) is 4.79 Å². The maximum atomic E-state index is 11.9. The number of nitrogens with zero attached hydrogens (tertiary/aromatic N) is 3. The van der Waals surface area contributed by atoms with Crippen LogP contribution in [0.4, 0.5) is 11.5 Å². The van der Waals surface area contributed by atoms with Crippen molar-refractivity contribution in [2.45, 2.75) is 13.8 Å². The third-order valence-electron chi connectivity index (χ3n) is 3.41. The van der Waals surface area contributed by atoms with Crippen molar-refractivity contribution in [3.63, 3.8) is 0 Å². The minimum absolute atomic E-state index is 0.0719. The zero-order chi connectivity index (χ0) is 15.7. The SMILES string of the molecule is Cc1ncn(-c2ccc(NC(=O)c3cc(N)no3)cc2)c1C. The molecule has 3 aromatic rings. The number of carbonyl (C=O) groups is 1. The van der Waals surface area contributed by atoms with E-state index < -0.39 is 5.91 Å². The van der Waals surface area contributed by atoms with Crippen molar-refractivity contribution >= 4 is 17.4 Å². The molecule has 3 rings (SSSR count). The lowest BCUT2D eigenvalue weighted by atomic mass is 10.2. The Morgan fingerprint density at radius 1 is 1.27 bits per heavy atom. The fraction of sp³-hybridized carbons (Fsp3) is 0.133. The van der Waals surface area contributed by atoms with Crippen LogP contribution in [0, 0.1) is 13.8 Å². The number of carbonyl (C=O) groups excluding carboxylic acids is 1. The first-order chi connectivity index (χ1) is 10.5. The van der Waals surface area contributed by atoms with Gasteiger partial charge in [0, 0.05) is 23.1 Å². The Labute approximate surface area is 126 Å². The number of anilines is 2. The quantitative estimate of drug-likeness (QED) is 0.773. The Morgan fingerprint density at radius 3 is 2.55 bits per heavy atom. The number of nitrogens with one attached hydrogen (secondary N) is 1. The van der Waals surface area contributed by atoms with E-state index >= 15 is 0 Å². The topological polar surface area (TPSA) is 99.0 Å². The van der Waals surface area contributed by atoms with Crippen molar-refractivity contribution in [2.75, 3.05) is 11.1 Å². The Balaban J connectivity index is 1.77. The first-order valence-corrected chi connectivity index (χ1v) is 6.69. The second-order valence-corrected chi connectivity index (χ2v) is 4.90. The van der Waals surface area contributed by atoms with Gasteiger partial charge in [-0.1, -0.05) is 5.16 Å². The van der Waals surface area contributed by atoms with E-state index in [9.17, 15) is 4.79 Å². The molecule has 0 atom stereocenters. The molecular formula is C15H15N5O2. The number of nitrogen functional groups attached to an aromatic ring is 1. The fourth-order valence-electron chi connectivity index (χ4n) is 2.05. The number of nitrogens with two attached hydrogens (primary N) is 1. The molecule has 0 unspecified atom stereocenters. The van der Waals surface area contributed by atoms with Crippen LogP contribution >= 0.6 is 0 Å². The highest BCUT2D eigenvalue weighted by atomic mass is 16.5. The van der Waals surface area contributed by atoms with Gasteiger partial charge in [-0.05, 0) is 38.1 Å². The molecule has 7 heteroatoms. The Morgan fingerprint density at radius 2 is 2.00 bits per heavy atom. The average molecular weight is 297 g/mol. The van der Waals surface area contributed by atoms with Crippen LogP contribution in [-0.2, 0) is 0 Å². The van der Waals surface area contributed by atoms with Crippen LogP contribution < -0.4 is 11.1 Å². The van der Waals surface area contributed by atoms with Crippen LogP contribution in [0.15, 0.2) is 41.2 Å². The molecule has 2 aromatic heterocycles. The van der Waals surface area contributed by atoms with Gasteiger partial charge in [0.05, 0.1) is 12.0 Å². The molecular weight excluding hydrogens is 282 g/mol. The fourth-order valence-corrected chi connectivity index (χ4v) is 2.05. The smallest absolute Gasteiger partial charge is 0.294 e. The van der Waals surface area contributed by atoms with Crippen molar-refractivity contribution in [3.05, 3.63) is 53.8 Å². The molecule has 0 aliphatic carbocycles. The van der Waals surface area contributed by atoms with Crippen molar-refractivity contribution in [1.82, 2.24) is 14.7 Å². The predicted octanol–water partition coefficient (Wildman–Crippen LogP) is 2.31. The molecule has 112 valence electrons. The summed E-state index contributed by atoms with van der Waals surface area (Å²) in [4.78, 5) is 16.2. The van der Waals surface area contributed by atoms with Crippen LogP contribution in [-0.4, -0.2) is 20.6 Å². The van der Waals surface area contributed by atoms with Crippen LogP contribution in [0.2, 0.25) is 0 Å². The van der Waals surface area contributed by atoms with E-state index in [4.69, 9.17) is 10.3 Å². The second kappa shape index (κ2) is 5.36. The molecule has 0 fully saturated rings. The van der Waals surface area contributed by atoms with Gasteiger partial charge in [-0.15, -0.1) is 0 Å². The van der Waals surface area contributed by atoms with Gasteiger partial charge in [0.2, 0.25) is 5.76 Å². The second-order valence-electron chi connectivity index (χ2n) is 4.90. The highest BCUT2D eigenvalue weighted by molar-refractivity contribution is 6.02. The standard InChI is InChI=1S/C15H15N5O2/c1-9-10(2)20(8-17-9)12-5-3-11(4-6-12)18-15(21)13-7-14(16)19-22-13/h3-8H,1-2H3,(H2,16,19)(H,18,21). The van der Waals surface area contributed by atoms with E-state index in [0.717, 1.165) is 17.1 Å². The number of benzene rings is 1. The molecule has 7 nitrogen and oxygen atoms in total. The lowest BCUT2D eigenvalue weighted by Crippen LogP contribution is -2.10. The molecule has 3 N–H and O–H groups in total. The molecule has 2 heterocycles. The molecule has 0 saturated carbocycles. The summed E-state index contributed by atoms with van der Waals surface area (Å²) in [5.74, 6) is -0.152. The van der Waals surface area contributed by atoms with Crippen LogP contribution in [0.1, 0.15) is 21.9 Å². The molecule has 0 spiro atoms. The van der Waals surface area contributed by atoms with Gasteiger partial charge in [-0.2, -0.15) is 0 Å². The lowest BCUT2D eigenvalue weighted by Gasteiger charge is -2.07. The monoisotopic (exact) mass is 297 g/mol. The van der Waals surface area contributed by atoms with Gasteiger partial charge in [0.25, 0.3) is 5.91 Å². The van der Waals surface area contributed by atoms with E-state index in [1.165, 1.54) is 6.07 Å². The third kappa shape index (κ3) is 2.56. The van der Waals surface area contributed by atoms with E-state index in [1.54, 1.807) is 6.33 Å². The van der Waals surface area contributed by atoms with E-state index in [2.05, 4.69) is 15.5 Å². The number of hydrogen-bond donors (Lipinski definition) is 2. The van der Waals surface area contributed by atoms with Gasteiger partial charge >= 0.3 is 0 Å². The molecule has 0 aliphatic heterocycles. The first kappa shape index (κ1) is 13.9. The highest BCUT2D eigenvalue weighted by Crippen LogP contribution is 2.17. The highest BCUT2D eigenvalue weighted by Gasteiger charge is 2.12. The number of aromatic nitrogens is 3. The van der Waals surface area contributed by atoms with Gasteiger partial charge < -0.3 is 20.1 Å². The van der Waals surface area contributed by atoms with E-state index in [1.807, 2.05) is 42.7 Å². The number of aryl methyl sites for hydroxylation is 1. The maximum absolute atomic E-state index is 11.9. The average Bonchev–Trinajstić information content (AvgIpc) is 3.08. The summed E-state index contributed by atoms with van der Waals surface area (Å²) in [7, 11) is 0. The van der Waals surface area contributed by atoms with Crippen LogP contribution in [0.5, 0.6) is 0 Å². The normalized spacial score (nSPS) is 10.6. The third-order valence-corrected chi connectivity index (χ3v) is 3.41. The number of imidazole rings is 1. The van der Waals surface area contributed by atoms with Crippen molar-refractivity contribution in [2.24, 2.45) is 0 Å². The molecule has 0 aliphatic rings. The van der Waals surface area contributed by atoms with Gasteiger partial charge in [-0.25, -0.2) is 4.98 Å². The van der Waals surface area contributed by atoms with Gasteiger partial charge in [0.1, 0.15) is 0 Å². The lowest BCUT2D eigenvalue weighted by molar-refractivity contribution is 0.0988. The minimum atomic E-state index is -0.397. The van der Waals surface area contributed by atoms with Crippen LogP contribution in [0.25, 0.3) is 5.69 Å². The Kier molecular flexibility index (Phi) is 3.38. The zero-order valence-corrected chi connectivity index (χ0v) is 12.2. The van der Waals surface area contributed by atoms with E-state index in [0.29, 0.717) is 5.69 Å². The van der Waals surface area contributed by atoms with Gasteiger partial charge in [0.15, 0.2) is 5.82 Å². The van der Waals surface area contributed by atoms with Crippen molar-refractivity contribution in [1.29, 1.82) is 0 Å². The molecule has 0 bridgehead atoms. The molecule has 22 heavy (non-hydrogen) atoms. The maximum Gasteiger partial charge on any atom is 0.294 e. The van der Waals surface area contributed by atoms with E-state index in [-0.39, 0.29) is 11.6 Å². The predicted molar refractivity (Wildman–Crippen MR) is 81.9 cm³/mol. The summed E-state index contributed by atoms with van der Waals surface area (Å²) >= 11 is 0. The first-order valence-electron chi connectivity index (χ1n) is 6.69.